The predicted molar refractivity (Wildman–Crippen MR) is 86.5 cm³/mol. The summed E-state index contributed by atoms with van der Waals surface area (Å²) in [7, 11) is 1.36. The number of esters is 1. The van der Waals surface area contributed by atoms with Crippen molar-refractivity contribution in [3.8, 4) is 5.69 Å². The summed E-state index contributed by atoms with van der Waals surface area (Å²) in [4.78, 5) is 20.1. The molecule has 0 N–H and O–H groups in total. The first-order valence-corrected chi connectivity index (χ1v) is 7.86. The van der Waals surface area contributed by atoms with Gasteiger partial charge in [0.05, 0.1) is 12.8 Å². The van der Waals surface area contributed by atoms with Crippen LogP contribution in [-0.4, -0.2) is 43.3 Å². The monoisotopic (exact) mass is 329 g/mol. The first kappa shape index (κ1) is 15.4. The van der Waals surface area contributed by atoms with Crippen LogP contribution in [0.5, 0.6) is 0 Å². The van der Waals surface area contributed by atoms with Crippen molar-refractivity contribution in [3.63, 3.8) is 0 Å². The zero-order valence-electron chi connectivity index (χ0n) is 12.9. The number of aromatic nitrogens is 5. The van der Waals surface area contributed by atoms with E-state index in [0.717, 1.165) is 11.3 Å². The Labute approximate surface area is 137 Å². The number of hydrogen-bond acceptors (Lipinski definition) is 7. The standard InChI is InChI=1S/C15H15N5O2S/c1-9-4-6-11(7-5-9)20-13-12(18-19-20)14(17-8-16-13)23-10(2)15(21)22-3/h4-8,10H,1-3H3/t10-/m0/s1. The van der Waals surface area contributed by atoms with Gasteiger partial charge in [-0.05, 0) is 26.0 Å². The first-order valence-electron chi connectivity index (χ1n) is 6.98. The SMILES string of the molecule is COC(=O)[C@H](C)Sc1ncnc2c1nnn2-c1ccc(C)cc1. The molecule has 0 saturated heterocycles. The lowest BCUT2D eigenvalue weighted by atomic mass is 10.2. The minimum atomic E-state index is -0.386. The van der Waals surface area contributed by atoms with E-state index in [-0.39, 0.29) is 11.2 Å². The number of methoxy groups -OCH3 is 1. The largest absolute Gasteiger partial charge is 0.468 e. The highest BCUT2D eigenvalue weighted by Crippen LogP contribution is 2.27. The molecule has 0 aliphatic rings. The molecule has 0 unspecified atom stereocenters. The molecule has 2 aromatic heterocycles. The molecule has 1 atom stereocenters. The predicted octanol–water partition coefficient (Wildman–Crippen LogP) is 2.17. The van der Waals surface area contributed by atoms with Crippen molar-refractivity contribution in [1.82, 2.24) is 25.0 Å². The molecule has 3 rings (SSSR count). The fraction of sp³-hybridized carbons (Fsp3) is 0.267. The van der Waals surface area contributed by atoms with Gasteiger partial charge in [-0.15, -0.1) is 5.10 Å². The van der Waals surface area contributed by atoms with E-state index < -0.39 is 0 Å². The van der Waals surface area contributed by atoms with E-state index in [1.54, 1.807) is 11.6 Å². The lowest BCUT2D eigenvalue weighted by Gasteiger charge is -2.07. The average Bonchev–Trinajstić information content (AvgIpc) is 3.00. The molecule has 0 bridgehead atoms. The van der Waals surface area contributed by atoms with Crippen LogP contribution < -0.4 is 0 Å². The van der Waals surface area contributed by atoms with Crippen LogP contribution in [0.3, 0.4) is 0 Å². The Kier molecular flexibility index (Phi) is 4.24. The Morgan fingerprint density at radius 1 is 1.26 bits per heavy atom. The molecule has 2 heterocycles. The van der Waals surface area contributed by atoms with E-state index in [9.17, 15) is 4.79 Å². The van der Waals surface area contributed by atoms with Crippen LogP contribution in [0.1, 0.15) is 12.5 Å². The van der Waals surface area contributed by atoms with Gasteiger partial charge in [-0.3, -0.25) is 4.79 Å². The second-order valence-corrected chi connectivity index (χ2v) is 6.30. The van der Waals surface area contributed by atoms with Crippen LogP contribution in [0.25, 0.3) is 16.9 Å². The molecule has 0 amide bonds. The summed E-state index contributed by atoms with van der Waals surface area (Å²) in [5, 5.41) is 8.55. The van der Waals surface area contributed by atoms with Crippen LogP contribution in [0.15, 0.2) is 35.6 Å². The second-order valence-electron chi connectivity index (χ2n) is 4.97. The van der Waals surface area contributed by atoms with Crippen molar-refractivity contribution in [1.29, 1.82) is 0 Å². The minimum Gasteiger partial charge on any atom is -0.468 e. The van der Waals surface area contributed by atoms with Gasteiger partial charge in [-0.2, -0.15) is 4.68 Å². The van der Waals surface area contributed by atoms with Gasteiger partial charge in [-0.25, -0.2) is 9.97 Å². The number of ether oxygens (including phenoxy) is 1. The molecular formula is C15H15N5O2S. The molecular weight excluding hydrogens is 314 g/mol. The Hall–Kier alpha value is -2.48. The van der Waals surface area contributed by atoms with Crippen LogP contribution in [0.2, 0.25) is 0 Å². The van der Waals surface area contributed by atoms with E-state index in [0.29, 0.717) is 16.2 Å². The summed E-state index contributed by atoms with van der Waals surface area (Å²) in [6.07, 6.45) is 1.45. The number of nitrogens with zero attached hydrogens (tertiary/aromatic N) is 5. The van der Waals surface area contributed by atoms with Gasteiger partial charge in [0.2, 0.25) is 0 Å². The molecule has 0 fully saturated rings. The fourth-order valence-corrected chi connectivity index (χ4v) is 2.93. The highest BCUT2D eigenvalue weighted by atomic mass is 32.2. The molecule has 0 radical (unpaired) electrons. The molecule has 8 heteroatoms. The van der Waals surface area contributed by atoms with E-state index >= 15 is 0 Å². The summed E-state index contributed by atoms with van der Waals surface area (Å²) in [5.41, 5.74) is 3.20. The van der Waals surface area contributed by atoms with Gasteiger partial charge in [0.25, 0.3) is 0 Å². The highest BCUT2D eigenvalue weighted by molar-refractivity contribution is 8.00. The Morgan fingerprint density at radius 2 is 2.00 bits per heavy atom. The topological polar surface area (TPSA) is 82.8 Å². The second kappa shape index (κ2) is 6.33. The number of thioether (sulfide) groups is 1. The summed E-state index contributed by atoms with van der Waals surface area (Å²) >= 11 is 1.28. The number of aryl methyl sites for hydroxylation is 1. The number of carbonyl (C=O) groups excluding carboxylic acids is 1. The average molecular weight is 329 g/mol. The summed E-state index contributed by atoms with van der Waals surface area (Å²) in [6.45, 7) is 3.78. The van der Waals surface area contributed by atoms with Gasteiger partial charge in [0.1, 0.15) is 16.6 Å². The van der Waals surface area contributed by atoms with E-state index in [1.165, 1.54) is 25.2 Å². The molecule has 0 aliphatic heterocycles. The zero-order chi connectivity index (χ0) is 16.4. The van der Waals surface area contributed by atoms with E-state index in [4.69, 9.17) is 4.74 Å². The van der Waals surface area contributed by atoms with Crippen molar-refractivity contribution in [2.45, 2.75) is 24.1 Å². The summed E-state index contributed by atoms with van der Waals surface area (Å²) in [6, 6.07) is 7.91. The van der Waals surface area contributed by atoms with Gasteiger partial charge < -0.3 is 4.74 Å². The van der Waals surface area contributed by atoms with Crippen molar-refractivity contribution in [2.24, 2.45) is 0 Å². The number of rotatable bonds is 4. The van der Waals surface area contributed by atoms with Crippen LogP contribution in [-0.2, 0) is 9.53 Å². The van der Waals surface area contributed by atoms with Gasteiger partial charge in [0, 0.05) is 0 Å². The van der Waals surface area contributed by atoms with Gasteiger partial charge in [-0.1, -0.05) is 34.7 Å². The lowest BCUT2D eigenvalue weighted by molar-refractivity contribution is -0.139. The van der Waals surface area contributed by atoms with Crippen molar-refractivity contribution < 1.29 is 9.53 Å². The van der Waals surface area contributed by atoms with Crippen LogP contribution in [0.4, 0.5) is 0 Å². The first-order chi connectivity index (χ1) is 11.1. The number of hydrogen-bond donors (Lipinski definition) is 0. The molecule has 23 heavy (non-hydrogen) atoms. The molecule has 118 valence electrons. The van der Waals surface area contributed by atoms with E-state index in [2.05, 4.69) is 20.3 Å². The van der Waals surface area contributed by atoms with Crippen molar-refractivity contribution in [2.75, 3.05) is 7.11 Å². The Bertz CT molecular complexity index is 847. The number of carbonyl (C=O) groups is 1. The molecule has 7 nitrogen and oxygen atoms in total. The number of benzene rings is 1. The lowest BCUT2D eigenvalue weighted by Crippen LogP contribution is -2.14. The quantitative estimate of drug-likeness (QED) is 0.412. The normalized spacial score (nSPS) is 12.3. The summed E-state index contributed by atoms with van der Waals surface area (Å²) in [5.74, 6) is -0.312. The summed E-state index contributed by atoms with van der Waals surface area (Å²) < 4.78 is 6.39. The molecule has 3 aromatic rings. The third-order valence-corrected chi connectivity index (χ3v) is 4.37. The smallest absolute Gasteiger partial charge is 0.318 e. The van der Waals surface area contributed by atoms with Gasteiger partial charge in [0.15, 0.2) is 11.2 Å². The molecule has 0 aliphatic carbocycles. The maximum atomic E-state index is 11.6. The third-order valence-electron chi connectivity index (χ3n) is 3.30. The maximum absolute atomic E-state index is 11.6. The van der Waals surface area contributed by atoms with Gasteiger partial charge >= 0.3 is 5.97 Å². The highest BCUT2D eigenvalue weighted by Gasteiger charge is 2.20. The minimum absolute atomic E-state index is 0.312. The fourth-order valence-electron chi connectivity index (χ4n) is 2.06. The number of fused-ring (bicyclic) bond motifs is 1. The van der Waals surface area contributed by atoms with Crippen LogP contribution >= 0.6 is 11.8 Å². The maximum Gasteiger partial charge on any atom is 0.318 e. The van der Waals surface area contributed by atoms with E-state index in [1.807, 2.05) is 31.2 Å². The third kappa shape index (κ3) is 3.02. The molecule has 1 aromatic carbocycles. The molecule has 0 saturated carbocycles. The van der Waals surface area contributed by atoms with Crippen molar-refractivity contribution in [3.05, 3.63) is 36.2 Å². The Balaban J connectivity index is 2.00. The van der Waals surface area contributed by atoms with Crippen LogP contribution in [0, 0.1) is 6.92 Å². The Morgan fingerprint density at radius 3 is 2.70 bits per heavy atom. The zero-order valence-corrected chi connectivity index (χ0v) is 13.7. The van der Waals surface area contributed by atoms with Crippen molar-refractivity contribution >= 4 is 28.9 Å². The molecule has 0 spiro atoms.